The summed E-state index contributed by atoms with van der Waals surface area (Å²) in [6, 6.07) is 14.4. The topological polar surface area (TPSA) is 81.7 Å². The molecule has 0 bridgehead atoms. The number of methoxy groups -OCH3 is 1. The number of aryl methyl sites for hydroxylation is 1. The normalized spacial score (nSPS) is 11.7. The number of ether oxygens (including phenoxy) is 2. The van der Waals surface area contributed by atoms with Gasteiger partial charge in [-0.25, -0.2) is 9.59 Å². The summed E-state index contributed by atoms with van der Waals surface area (Å²) in [6.45, 7) is 3.63. The van der Waals surface area contributed by atoms with Crippen molar-refractivity contribution in [1.82, 2.24) is 5.32 Å². The zero-order valence-electron chi connectivity index (χ0n) is 16.8. The first-order valence-electron chi connectivity index (χ1n) is 9.32. The number of carbonyl (C=O) groups is 3. The molecule has 0 fully saturated rings. The van der Waals surface area contributed by atoms with Crippen LogP contribution in [0.5, 0.6) is 0 Å². The van der Waals surface area contributed by atoms with Gasteiger partial charge in [-0.1, -0.05) is 48.9 Å². The van der Waals surface area contributed by atoms with Crippen molar-refractivity contribution in [3.63, 3.8) is 0 Å². The molecule has 152 valence electrons. The summed E-state index contributed by atoms with van der Waals surface area (Å²) in [5, 5.41) is 2.87. The monoisotopic (exact) mass is 395 g/mol. The third-order valence-corrected chi connectivity index (χ3v) is 4.31. The highest BCUT2D eigenvalue weighted by atomic mass is 16.5. The average Bonchev–Trinajstić information content (AvgIpc) is 2.75. The lowest BCUT2D eigenvalue weighted by atomic mass is 10.0. The van der Waals surface area contributed by atoms with E-state index in [4.69, 9.17) is 4.74 Å². The van der Waals surface area contributed by atoms with E-state index in [1.54, 1.807) is 30.3 Å². The fraction of sp³-hybridized carbons (Fsp3) is 0.261. The molecule has 1 amide bonds. The maximum atomic E-state index is 12.1. The first kappa shape index (κ1) is 21.9. The molecule has 0 saturated carbocycles. The number of benzene rings is 2. The van der Waals surface area contributed by atoms with Crippen LogP contribution in [0.25, 0.3) is 6.08 Å². The molecule has 2 aromatic carbocycles. The van der Waals surface area contributed by atoms with Crippen LogP contribution in [-0.4, -0.2) is 31.6 Å². The number of esters is 2. The third kappa shape index (κ3) is 6.92. The molecule has 0 aliphatic heterocycles. The van der Waals surface area contributed by atoms with Gasteiger partial charge in [-0.05, 0) is 42.7 Å². The van der Waals surface area contributed by atoms with Crippen molar-refractivity contribution in [3.8, 4) is 0 Å². The zero-order valence-corrected chi connectivity index (χ0v) is 16.8. The SMILES string of the molecule is CC[C@@H](NC(=O)COC(=O)/C=C/c1ccc(C(=O)OC)cc1)c1ccc(C)cc1. The van der Waals surface area contributed by atoms with Crippen molar-refractivity contribution in [3.05, 3.63) is 76.9 Å². The fourth-order valence-corrected chi connectivity index (χ4v) is 2.65. The molecule has 0 aromatic heterocycles. The maximum absolute atomic E-state index is 12.1. The second-order valence-corrected chi connectivity index (χ2v) is 6.49. The van der Waals surface area contributed by atoms with Gasteiger partial charge in [-0.2, -0.15) is 0 Å². The van der Waals surface area contributed by atoms with Crippen molar-refractivity contribution in [2.24, 2.45) is 0 Å². The van der Waals surface area contributed by atoms with Gasteiger partial charge < -0.3 is 14.8 Å². The van der Waals surface area contributed by atoms with E-state index < -0.39 is 11.9 Å². The van der Waals surface area contributed by atoms with Gasteiger partial charge in [0.1, 0.15) is 0 Å². The van der Waals surface area contributed by atoms with Gasteiger partial charge in [-0.3, -0.25) is 4.79 Å². The number of amides is 1. The lowest BCUT2D eigenvalue weighted by Crippen LogP contribution is -2.32. The highest BCUT2D eigenvalue weighted by Crippen LogP contribution is 2.17. The predicted octanol–water partition coefficient (Wildman–Crippen LogP) is 3.61. The Labute approximate surface area is 170 Å². The van der Waals surface area contributed by atoms with Gasteiger partial charge in [-0.15, -0.1) is 0 Å². The molecule has 0 heterocycles. The summed E-state index contributed by atoms with van der Waals surface area (Å²) in [5.41, 5.74) is 3.29. The molecule has 0 aliphatic rings. The number of hydrogen-bond acceptors (Lipinski definition) is 5. The Hall–Kier alpha value is -3.41. The number of rotatable bonds is 8. The van der Waals surface area contributed by atoms with Gasteiger partial charge in [0.05, 0.1) is 18.7 Å². The van der Waals surface area contributed by atoms with Crippen LogP contribution in [0, 0.1) is 6.92 Å². The van der Waals surface area contributed by atoms with Crippen LogP contribution in [-0.2, 0) is 19.1 Å². The molecule has 29 heavy (non-hydrogen) atoms. The van der Waals surface area contributed by atoms with E-state index in [0.717, 1.165) is 17.5 Å². The summed E-state index contributed by atoms with van der Waals surface area (Å²) >= 11 is 0. The Kier molecular flexibility index (Phi) is 8.15. The summed E-state index contributed by atoms with van der Waals surface area (Å²) in [6.07, 6.45) is 3.50. The Morgan fingerprint density at radius 3 is 2.28 bits per heavy atom. The van der Waals surface area contributed by atoms with Gasteiger partial charge in [0.15, 0.2) is 6.61 Å². The molecule has 0 saturated heterocycles. The highest BCUT2D eigenvalue weighted by molar-refractivity contribution is 5.91. The highest BCUT2D eigenvalue weighted by Gasteiger charge is 2.13. The van der Waals surface area contributed by atoms with Crippen molar-refractivity contribution in [1.29, 1.82) is 0 Å². The number of carbonyl (C=O) groups excluding carboxylic acids is 3. The molecular formula is C23H25NO5. The standard InChI is InChI=1S/C23H25NO5/c1-4-20(18-10-5-16(2)6-11-18)24-21(25)15-29-22(26)14-9-17-7-12-19(13-8-17)23(27)28-3/h5-14,20H,4,15H2,1-3H3,(H,24,25)/b14-9+/t20-/m1/s1. The van der Waals surface area contributed by atoms with Gasteiger partial charge >= 0.3 is 11.9 Å². The summed E-state index contributed by atoms with van der Waals surface area (Å²) in [5.74, 6) is -1.41. The van der Waals surface area contributed by atoms with E-state index in [0.29, 0.717) is 11.1 Å². The molecule has 1 N–H and O–H groups in total. The average molecular weight is 395 g/mol. The minimum absolute atomic E-state index is 0.134. The quantitative estimate of drug-likeness (QED) is 0.545. The summed E-state index contributed by atoms with van der Waals surface area (Å²) in [7, 11) is 1.31. The number of nitrogens with one attached hydrogen (secondary N) is 1. The summed E-state index contributed by atoms with van der Waals surface area (Å²) < 4.78 is 9.62. The van der Waals surface area contributed by atoms with Gasteiger partial charge in [0.2, 0.25) is 0 Å². The Balaban J connectivity index is 1.83. The smallest absolute Gasteiger partial charge is 0.337 e. The van der Waals surface area contributed by atoms with Crippen LogP contribution in [0.3, 0.4) is 0 Å². The maximum Gasteiger partial charge on any atom is 0.337 e. The van der Waals surface area contributed by atoms with Crippen LogP contribution >= 0.6 is 0 Å². The summed E-state index contributed by atoms with van der Waals surface area (Å²) in [4.78, 5) is 35.3. The molecule has 6 heteroatoms. The van der Waals surface area contributed by atoms with Crippen LogP contribution < -0.4 is 5.32 Å². The number of hydrogen-bond donors (Lipinski definition) is 1. The molecule has 2 rings (SSSR count). The molecule has 0 radical (unpaired) electrons. The van der Waals surface area contributed by atoms with E-state index >= 15 is 0 Å². The van der Waals surface area contributed by atoms with Gasteiger partial charge in [0, 0.05) is 6.08 Å². The molecule has 0 unspecified atom stereocenters. The molecule has 6 nitrogen and oxygen atoms in total. The minimum atomic E-state index is -0.624. The van der Waals surface area contributed by atoms with Gasteiger partial charge in [0.25, 0.3) is 5.91 Å². The molecule has 1 atom stereocenters. The molecule has 0 spiro atoms. The Morgan fingerprint density at radius 2 is 1.69 bits per heavy atom. The van der Waals surface area contributed by atoms with Crippen molar-refractivity contribution >= 4 is 23.9 Å². The molecule has 2 aromatic rings. The van der Waals surface area contributed by atoms with E-state index in [9.17, 15) is 14.4 Å². The van der Waals surface area contributed by atoms with E-state index in [-0.39, 0.29) is 18.6 Å². The first-order valence-corrected chi connectivity index (χ1v) is 9.32. The van der Waals surface area contributed by atoms with Crippen LogP contribution in [0.15, 0.2) is 54.6 Å². The van der Waals surface area contributed by atoms with Crippen LogP contribution in [0.1, 0.15) is 46.4 Å². The predicted molar refractivity (Wildman–Crippen MR) is 110 cm³/mol. The zero-order chi connectivity index (χ0) is 21.2. The first-order chi connectivity index (χ1) is 13.9. The Morgan fingerprint density at radius 1 is 1.03 bits per heavy atom. The lowest BCUT2D eigenvalue weighted by molar-refractivity contribution is -0.144. The van der Waals surface area contributed by atoms with Crippen molar-refractivity contribution in [2.75, 3.05) is 13.7 Å². The molecule has 0 aliphatic carbocycles. The van der Waals surface area contributed by atoms with E-state index in [2.05, 4.69) is 10.1 Å². The minimum Gasteiger partial charge on any atom is -0.465 e. The second kappa shape index (κ2) is 10.8. The largest absolute Gasteiger partial charge is 0.465 e. The van der Waals surface area contributed by atoms with E-state index in [1.807, 2.05) is 38.1 Å². The Bertz CT molecular complexity index is 869. The van der Waals surface area contributed by atoms with Crippen molar-refractivity contribution in [2.45, 2.75) is 26.3 Å². The van der Waals surface area contributed by atoms with Crippen LogP contribution in [0.4, 0.5) is 0 Å². The van der Waals surface area contributed by atoms with E-state index in [1.165, 1.54) is 13.2 Å². The fourth-order valence-electron chi connectivity index (χ4n) is 2.65. The van der Waals surface area contributed by atoms with Crippen molar-refractivity contribution < 1.29 is 23.9 Å². The lowest BCUT2D eigenvalue weighted by Gasteiger charge is -2.17. The second-order valence-electron chi connectivity index (χ2n) is 6.49. The molecular weight excluding hydrogens is 370 g/mol. The third-order valence-electron chi connectivity index (χ3n) is 4.31. The van der Waals surface area contributed by atoms with Crippen LogP contribution in [0.2, 0.25) is 0 Å².